The Morgan fingerprint density at radius 1 is 0.933 bits per heavy atom. The fraction of sp³-hybridized carbons (Fsp3) is 0.125. The standard InChI is InChI=1S/C32H27N5O7S/c1-18-8-7-12-24(19(18)2)35-31(40)27(36-37-30(39)23-11-5-6-13-25(23)45(33,42)43)26(28(38)20-14-16-34-17-15-20)29-21-9-3-4-10-22(21)32(41)44-29/h3-17,26,29H,1-2H3,(H,35,40)(H,37,39)(H2,33,42,43)/b36-27+/t26-,29-/m0/s1. The Balaban J connectivity index is 1.66. The summed E-state index contributed by atoms with van der Waals surface area (Å²) in [5.74, 6) is -4.81. The van der Waals surface area contributed by atoms with Crippen molar-refractivity contribution in [2.75, 3.05) is 5.32 Å². The molecule has 0 radical (unpaired) electrons. The SMILES string of the molecule is Cc1cccc(NC(=O)/C(=N/NC(=O)c2ccccc2S(N)(=O)=O)[C@@H](C(=O)c2ccncc2)[C@H]2OC(=O)c3ccccc32)c1C. The minimum atomic E-state index is -4.31. The first-order valence-corrected chi connectivity index (χ1v) is 15.1. The summed E-state index contributed by atoms with van der Waals surface area (Å²) in [5, 5.41) is 12.2. The maximum absolute atomic E-state index is 14.2. The number of carbonyl (C=O) groups is 4. The van der Waals surface area contributed by atoms with Gasteiger partial charge >= 0.3 is 5.97 Å². The van der Waals surface area contributed by atoms with E-state index in [1.807, 2.05) is 13.0 Å². The Bertz CT molecular complexity index is 1980. The number of anilines is 1. The second kappa shape index (κ2) is 12.6. The number of hydrogen-bond acceptors (Lipinski definition) is 9. The molecule has 228 valence electrons. The van der Waals surface area contributed by atoms with Gasteiger partial charge in [-0.3, -0.25) is 19.4 Å². The molecule has 13 heteroatoms. The predicted octanol–water partition coefficient (Wildman–Crippen LogP) is 3.48. The van der Waals surface area contributed by atoms with E-state index in [0.717, 1.165) is 17.2 Å². The van der Waals surface area contributed by atoms with Gasteiger partial charge in [0, 0.05) is 29.2 Å². The molecular formula is C32H27N5O7S. The lowest BCUT2D eigenvalue weighted by atomic mass is 9.84. The highest BCUT2D eigenvalue weighted by atomic mass is 32.2. The number of hydrogen-bond donors (Lipinski definition) is 3. The zero-order chi connectivity index (χ0) is 32.3. The molecule has 45 heavy (non-hydrogen) atoms. The number of aryl methyl sites for hydroxylation is 1. The van der Waals surface area contributed by atoms with Gasteiger partial charge in [0.05, 0.1) is 16.0 Å². The van der Waals surface area contributed by atoms with Crippen molar-refractivity contribution in [3.8, 4) is 0 Å². The molecule has 1 aliphatic rings. The Morgan fingerprint density at radius 2 is 1.62 bits per heavy atom. The van der Waals surface area contributed by atoms with Gasteiger partial charge in [-0.15, -0.1) is 0 Å². The van der Waals surface area contributed by atoms with Gasteiger partial charge in [-0.05, 0) is 61.4 Å². The van der Waals surface area contributed by atoms with Crippen LogP contribution in [0.1, 0.15) is 53.9 Å². The molecule has 3 aromatic carbocycles. The number of hydrazone groups is 1. The molecule has 4 aromatic rings. The largest absolute Gasteiger partial charge is 0.453 e. The second-order valence-electron chi connectivity index (χ2n) is 10.2. The summed E-state index contributed by atoms with van der Waals surface area (Å²) in [5.41, 5.74) is 4.08. The number of benzene rings is 3. The minimum Gasteiger partial charge on any atom is -0.453 e. The number of esters is 1. The highest BCUT2D eigenvalue weighted by molar-refractivity contribution is 7.89. The Hall–Kier alpha value is -5.53. The Morgan fingerprint density at radius 3 is 2.36 bits per heavy atom. The lowest BCUT2D eigenvalue weighted by Gasteiger charge is -2.24. The highest BCUT2D eigenvalue weighted by Crippen LogP contribution is 2.38. The van der Waals surface area contributed by atoms with Gasteiger partial charge in [-0.2, -0.15) is 5.10 Å². The predicted molar refractivity (Wildman–Crippen MR) is 164 cm³/mol. The van der Waals surface area contributed by atoms with E-state index < -0.39 is 56.2 Å². The lowest BCUT2D eigenvalue weighted by Crippen LogP contribution is -2.40. The average Bonchev–Trinajstić information content (AvgIpc) is 3.36. The van der Waals surface area contributed by atoms with E-state index in [9.17, 15) is 27.6 Å². The molecular weight excluding hydrogens is 598 g/mol. The van der Waals surface area contributed by atoms with Gasteiger partial charge in [-0.25, -0.2) is 23.8 Å². The summed E-state index contributed by atoms with van der Waals surface area (Å²) in [6, 6.07) is 19.7. The second-order valence-corrected chi connectivity index (χ2v) is 11.7. The van der Waals surface area contributed by atoms with Crippen molar-refractivity contribution in [3.05, 3.63) is 125 Å². The third-order valence-electron chi connectivity index (χ3n) is 7.37. The quantitative estimate of drug-likeness (QED) is 0.109. The molecule has 0 saturated heterocycles. The molecule has 4 N–H and O–H groups in total. The number of nitrogens with one attached hydrogen (secondary N) is 2. The zero-order valence-electron chi connectivity index (χ0n) is 24.1. The molecule has 0 aliphatic carbocycles. The summed E-state index contributed by atoms with van der Waals surface area (Å²) in [4.78, 5) is 57.9. The molecule has 0 bridgehead atoms. The van der Waals surface area contributed by atoms with Crippen LogP contribution in [0.5, 0.6) is 0 Å². The van der Waals surface area contributed by atoms with E-state index in [0.29, 0.717) is 11.3 Å². The lowest BCUT2D eigenvalue weighted by molar-refractivity contribution is -0.110. The van der Waals surface area contributed by atoms with Gasteiger partial charge in [0.2, 0.25) is 10.0 Å². The van der Waals surface area contributed by atoms with Crippen molar-refractivity contribution in [3.63, 3.8) is 0 Å². The number of amides is 2. The number of cyclic esters (lactones) is 1. The van der Waals surface area contributed by atoms with Crippen molar-refractivity contribution in [1.82, 2.24) is 10.4 Å². The van der Waals surface area contributed by atoms with Crippen LogP contribution in [0.25, 0.3) is 0 Å². The van der Waals surface area contributed by atoms with E-state index in [4.69, 9.17) is 9.88 Å². The number of ether oxygens (including phenoxy) is 1. The first kappa shape index (κ1) is 30.9. The van der Waals surface area contributed by atoms with Crippen LogP contribution in [-0.4, -0.2) is 42.7 Å². The number of rotatable bonds is 9. The summed E-state index contributed by atoms with van der Waals surface area (Å²) >= 11 is 0. The van der Waals surface area contributed by atoms with Crippen LogP contribution in [0.4, 0.5) is 5.69 Å². The molecule has 0 spiro atoms. The van der Waals surface area contributed by atoms with E-state index in [1.165, 1.54) is 48.8 Å². The van der Waals surface area contributed by atoms with Crippen LogP contribution in [0, 0.1) is 19.8 Å². The zero-order valence-corrected chi connectivity index (χ0v) is 24.9. The van der Waals surface area contributed by atoms with Gasteiger partial charge in [-0.1, -0.05) is 42.5 Å². The number of nitrogens with zero attached hydrogens (tertiary/aromatic N) is 2. The number of pyridine rings is 1. The Kier molecular flexibility index (Phi) is 8.66. The first-order chi connectivity index (χ1) is 21.5. The number of sulfonamides is 1. The fourth-order valence-corrected chi connectivity index (χ4v) is 5.67. The number of nitrogens with two attached hydrogens (primary N) is 1. The van der Waals surface area contributed by atoms with Crippen molar-refractivity contribution in [2.24, 2.45) is 16.2 Å². The molecule has 0 saturated carbocycles. The summed E-state index contributed by atoms with van der Waals surface area (Å²) < 4.78 is 30.0. The van der Waals surface area contributed by atoms with Crippen LogP contribution in [0.15, 0.2) is 101 Å². The van der Waals surface area contributed by atoms with E-state index in [1.54, 1.807) is 37.3 Å². The molecule has 0 fully saturated rings. The van der Waals surface area contributed by atoms with Gasteiger partial charge < -0.3 is 10.1 Å². The molecule has 2 amide bonds. The average molecular weight is 626 g/mol. The summed E-state index contributed by atoms with van der Waals surface area (Å²) in [6.45, 7) is 3.65. The van der Waals surface area contributed by atoms with Crippen LogP contribution in [0.3, 0.4) is 0 Å². The normalized spacial score (nSPS) is 15.0. The van der Waals surface area contributed by atoms with Crippen molar-refractivity contribution in [2.45, 2.75) is 24.8 Å². The third-order valence-corrected chi connectivity index (χ3v) is 8.34. The van der Waals surface area contributed by atoms with E-state index in [2.05, 4.69) is 20.8 Å². The Labute approximate surface area is 258 Å². The molecule has 0 unspecified atom stereocenters. The maximum Gasteiger partial charge on any atom is 0.339 e. The topological polar surface area (TPSA) is 187 Å². The minimum absolute atomic E-state index is 0.133. The first-order valence-electron chi connectivity index (χ1n) is 13.6. The summed E-state index contributed by atoms with van der Waals surface area (Å²) in [6.07, 6.45) is 1.47. The number of carbonyl (C=O) groups excluding carboxylic acids is 4. The molecule has 1 aromatic heterocycles. The third kappa shape index (κ3) is 6.39. The smallest absolute Gasteiger partial charge is 0.339 e. The van der Waals surface area contributed by atoms with E-state index in [-0.39, 0.29) is 16.7 Å². The summed E-state index contributed by atoms with van der Waals surface area (Å²) in [7, 11) is -4.31. The molecule has 2 heterocycles. The molecule has 5 rings (SSSR count). The number of primary sulfonamides is 1. The maximum atomic E-state index is 14.2. The monoisotopic (exact) mass is 625 g/mol. The van der Waals surface area contributed by atoms with Crippen LogP contribution < -0.4 is 15.9 Å². The number of aromatic nitrogens is 1. The van der Waals surface area contributed by atoms with Crippen molar-refractivity contribution >= 4 is 45.0 Å². The number of ketones is 1. The molecule has 2 atom stereocenters. The van der Waals surface area contributed by atoms with Crippen LogP contribution in [0.2, 0.25) is 0 Å². The number of Topliss-reactive ketones (excluding diaryl/α,β-unsaturated/α-hetero) is 1. The highest BCUT2D eigenvalue weighted by Gasteiger charge is 2.45. The van der Waals surface area contributed by atoms with Crippen LogP contribution in [-0.2, 0) is 19.6 Å². The number of fused-ring (bicyclic) bond motifs is 1. The molecule has 1 aliphatic heterocycles. The van der Waals surface area contributed by atoms with Gasteiger partial charge in [0.1, 0.15) is 17.7 Å². The van der Waals surface area contributed by atoms with Crippen LogP contribution >= 0.6 is 0 Å². The van der Waals surface area contributed by atoms with Gasteiger partial charge in [0.25, 0.3) is 11.8 Å². The van der Waals surface area contributed by atoms with Crippen molar-refractivity contribution < 1.29 is 32.3 Å². The molecule has 12 nitrogen and oxygen atoms in total. The van der Waals surface area contributed by atoms with E-state index >= 15 is 0 Å². The van der Waals surface area contributed by atoms with Gasteiger partial charge in [0.15, 0.2) is 5.78 Å². The van der Waals surface area contributed by atoms with Crippen molar-refractivity contribution in [1.29, 1.82) is 0 Å². The fourth-order valence-electron chi connectivity index (χ4n) is 4.93.